The Labute approximate surface area is 178 Å². The molecule has 0 spiro atoms. The number of nitro benzene ring substituents is 1. The molecular weight excluding hydrogens is 392 g/mol. The Balaban J connectivity index is 2.64. The van der Waals surface area contributed by atoms with Crippen LogP contribution < -0.4 is 14.8 Å². The third-order valence-electron chi connectivity index (χ3n) is 4.53. The summed E-state index contributed by atoms with van der Waals surface area (Å²) in [6.07, 6.45) is 6.97. The third-order valence-corrected chi connectivity index (χ3v) is 4.53. The normalized spacial score (nSPS) is 10.6. The van der Waals surface area contributed by atoms with E-state index in [-0.39, 0.29) is 36.4 Å². The maximum Gasteiger partial charge on any atom is 0.319 e. The van der Waals surface area contributed by atoms with Crippen LogP contribution in [0.2, 0.25) is 0 Å². The molecule has 0 saturated heterocycles. The monoisotopic (exact) mass is 426 g/mol. The molecule has 1 N–H and O–H groups in total. The highest BCUT2D eigenvalue weighted by atomic mass is 16.7. The lowest BCUT2D eigenvalue weighted by Gasteiger charge is -2.14. The SMILES string of the molecule is CCCCCCCCC(=O)NCc1ccc(OCOCCOC)c(OC)c1[N+](=O)[O-]. The molecule has 0 heterocycles. The van der Waals surface area contributed by atoms with Crippen LogP contribution in [0.4, 0.5) is 5.69 Å². The summed E-state index contributed by atoms with van der Waals surface area (Å²) < 4.78 is 20.8. The van der Waals surface area contributed by atoms with Gasteiger partial charge in [0.05, 0.1) is 30.8 Å². The Morgan fingerprint density at radius 2 is 1.83 bits per heavy atom. The largest absolute Gasteiger partial charge is 0.488 e. The van der Waals surface area contributed by atoms with Gasteiger partial charge in [0, 0.05) is 20.1 Å². The number of benzene rings is 1. The van der Waals surface area contributed by atoms with Gasteiger partial charge in [-0.05, 0) is 18.6 Å². The van der Waals surface area contributed by atoms with Crippen molar-refractivity contribution in [3.63, 3.8) is 0 Å². The van der Waals surface area contributed by atoms with Crippen molar-refractivity contribution >= 4 is 11.6 Å². The van der Waals surface area contributed by atoms with Crippen molar-refractivity contribution in [3.05, 3.63) is 27.8 Å². The van der Waals surface area contributed by atoms with Crippen LogP contribution in [0, 0.1) is 10.1 Å². The summed E-state index contributed by atoms with van der Waals surface area (Å²) in [5, 5.41) is 14.4. The molecule has 9 heteroatoms. The number of nitro groups is 1. The lowest BCUT2D eigenvalue weighted by molar-refractivity contribution is -0.386. The first-order chi connectivity index (χ1) is 14.5. The van der Waals surface area contributed by atoms with Crippen LogP contribution in [0.5, 0.6) is 11.5 Å². The Morgan fingerprint density at radius 1 is 1.10 bits per heavy atom. The van der Waals surface area contributed by atoms with Crippen molar-refractivity contribution in [1.29, 1.82) is 0 Å². The molecule has 0 fully saturated rings. The van der Waals surface area contributed by atoms with Crippen LogP contribution in [0.3, 0.4) is 0 Å². The summed E-state index contributed by atoms with van der Waals surface area (Å²) in [6.45, 7) is 2.87. The molecule has 30 heavy (non-hydrogen) atoms. The summed E-state index contributed by atoms with van der Waals surface area (Å²) in [5.74, 6) is 0.0763. The van der Waals surface area contributed by atoms with Gasteiger partial charge in [-0.15, -0.1) is 0 Å². The zero-order valence-electron chi connectivity index (χ0n) is 18.2. The van der Waals surface area contributed by atoms with E-state index in [1.165, 1.54) is 26.4 Å². The second-order valence-electron chi connectivity index (χ2n) is 6.82. The molecule has 1 aromatic carbocycles. The van der Waals surface area contributed by atoms with Crippen molar-refractivity contribution in [2.75, 3.05) is 34.2 Å². The van der Waals surface area contributed by atoms with E-state index in [0.29, 0.717) is 25.2 Å². The minimum absolute atomic E-state index is 0.00184. The van der Waals surface area contributed by atoms with Crippen LogP contribution in [-0.4, -0.2) is 45.1 Å². The first kappa shape index (κ1) is 25.6. The molecule has 0 aliphatic rings. The maximum atomic E-state index is 12.1. The van der Waals surface area contributed by atoms with Gasteiger partial charge in [0.1, 0.15) is 0 Å². The first-order valence-electron chi connectivity index (χ1n) is 10.4. The standard InChI is InChI=1S/C21H34N2O7/c1-4-5-6-7-8-9-10-19(24)22-15-17-11-12-18(30-16-29-14-13-27-2)21(28-3)20(17)23(25)26/h11-12H,4-10,13-16H2,1-3H3,(H,22,24). The van der Waals surface area contributed by atoms with E-state index in [9.17, 15) is 14.9 Å². The van der Waals surface area contributed by atoms with Crippen molar-refractivity contribution in [2.45, 2.75) is 58.4 Å². The molecular formula is C21H34N2O7. The first-order valence-corrected chi connectivity index (χ1v) is 10.4. The average molecular weight is 427 g/mol. The fourth-order valence-corrected chi connectivity index (χ4v) is 2.90. The highest BCUT2D eigenvalue weighted by Gasteiger charge is 2.25. The second kappa shape index (κ2) is 15.4. The molecule has 0 saturated carbocycles. The Hall–Kier alpha value is -2.39. The fraction of sp³-hybridized carbons (Fsp3) is 0.667. The third kappa shape index (κ3) is 9.41. The molecule has 0 bridgehead atoms. The topological polar surface area (TPSA) is 109 Å². The van der Waals surface area contributed by atoms with Crippen LogP contribution in [0.1, 0.15) is 57.4 Å². The summed E-state index contributed by atoms with van der Waals surface area (Å²) in [5.41, 5.74) is 0.118. The summed E-state index contributed by atoms with van der Waals surface area (Å²) in [4.78, 5) is 23.2. The zero-order valence-corrected chi connectivity index (χ0v) is 18.2. The number of rotatable bonds is 17. The number of unbranched alkanes of at least 4 members (excludes halogenated alkanes) is 5. The van der Waals surface area contributed by atoms with Crippen LogP contribution in [0.25, 0.3) is 0 Å². The second-order valence-corrected chi connectivity index (χ2v) is 6.82. The number of carbonyl (C=O) groups excluding carboxylic acids is 1. The van der Waals surface area contributed by atoms with Gasteiger partial charge in [0.15, 0.2) is 12.5 Å². The predicted molar refractivity (Wildman–Crippen MR) is 113 cm³/mol. The number of hydrogen-bond acceptors (Lipinski definition) is 7. The molecule has 0 atom stereocenters. The van der Waals surface area contributed by atoms with E-state index in [1.807, 2.05) is 0 Å². The van der Waals surface area contributed by atoms with Gasteiger partial charge in [0.2, 0.25) is 11.7 Å². The number of amides is 1. The number of ether oxygens (including phenoxy) is 4. The summed E-state index contributed by atoms with van der Waals surface area (Å²) >= 11 is 0. The summed E-state index contributed by atoms with van der Waals surface area (Å²) in [7, 11) is 2.89. The van der Waals surface area contributed by atoms with Crippen molar-refractivity contribution in [2.24, 2.45) is 0 Å². The number of nitrogens with one attached hydrogen (secondary N) is 1. The van der Waals surface area contributed by atoms with E-state index in [4.69, 9.17) is 18.9 Å². The van der Waals surface area contributed by atoms with Gasteiger partial charge < -0.3 is 24.3 Å². The molecule has 170 valence electrons. The van der Waals surface area contributed by atoms with E-state index >= 15 is 0 Å². The highest BCUT2D eigenvalue weighted by molar-refractivity contribution is 5.76. The van der Waals surface area contributed by atoms with E-state index in [2.05, 4.69) is 12.2 Å². The van der Waals surface area contributed by atoms with Gasteiger partial charge in [-0.25, -0.2) is 0 Å². The molecule has 0 aromatic heterocycles. The van der Waals surface area contributed by atoms with Crippen molar-refractivity contribution in [3.8, 4) is 11.5 Å². The molecule has 0 radical (unpaired) electrons. The smallest absolute Gasteiger partial charge is 0.319 e. The van der Waals surface area contributed by atoms with Crippen molar-refractivity contribution < 1.29 is 28.7 Å². The Bertz CT molecular complexity index is 652. The molecule has 0 aliphatic heterocycles. The quantitative estimate of drug-likeness (QED) is 0.174. The Morgan fingerprint density at radius 3 is 2.50 bits per heavy atom. The van der Waals surface area contributed by atoms with Gasteiger partial charge in [-0.1, -0.05) is 39.0 Å². The number of nitrogens with zero attached hydrogens (tertiary/aromatic N) is 1. The molecule has 1 amide bonds. The maximum absolute atomic E-state index is 12.1. The van der Waals surface area contributed by atoms with Crippen LogP contribution in [-0.2, 0) is 20.8 Å². The number of carbonyl (C=O) groups is 1. The Kier molecular flexibility index (Phi) is 13.2. The minimum Gasteiger partial charge on any atom is -0.488 e. The lowest BCUT2D eigenvalue weighted by atomic mass is 10.1. The zero-order chi connectivity index (χ0) is 22.2. The van der Waals surface area contributed by atoms with E-state index in [0.717, 1.165) is 19.3 Å². The molecule has 0 unspecified atom stereocenters. The lowest BCUT2D eigenvalue weighted by Crippen LogP contribution is -2.23. The number of hydrogen-bond donors (Lipinski definition) is 1. The van der Waals surface area contributed by atoms with Gasteiger partial charge in [-0.2, -0.15) is 0 Å². The minimum atomic E-state index is -0.535. The van der Waals surface area contributed by atoms with E-state index < -0.39 is 4.92 Å². The fourth-order valence-electron chi connectivity index (χ4n) is 2.90. The summed E-state index contributed by atoms with van der Waals surface area (Å²) in [6, 6.07) is 3.12. The van der Waals surface area contributed by atoms with Crippen molar-refractivity contribution in [1.82, 2.24) is 5.32 Å². The van der Waals surface area contributed by atoms with Crippen LogP contribution >= 0.6 is 0 Å². The van der Waals surface area contributed by atoms with Gasteiger partial charge in [0.25, 0.3) is 0 Å². The number of methoxy groups -OCH3 is 2. The van der Waals surface area contributed by atoms with E-state index in [1.54, 1.807) is 19.2 Å². The molecule has 0 aliphatic carbocycles. The predicted octanol–water partition coefficient (Wildman–Crippen LogP) is 3.97. The molecule has 1 aromatic rings. The van der Waals surface area contributed by atoms with Gasteiger partial charge in [-0.3, -0.25) is 14.9 Å². The average Bonchev–Trinajstić information content (AvgIpc) is 2.74. The molecule has 9 nitrogen and oxygen atoms in total. The van der Waals surface area contributed by atoms with Gasteiger partial charge >= 0.3 is 5.69 Å². The highest BCUT2D eigenvalue weighted by Crippen LogP contribution is 2.39. The molecule has 1 rings (SSSR count). The van der Waals surface area contributed by atoms with Crippen LogP contribution in [0.15, 0.2) is 12.1 Å².